The SMILES string of the molecule is CCOc1cc(CCl)cc(Br)c1OC(CC)CC. The molecule has 0 fully saturated rings. The summed E-state index contributed by atoms with van der Waals surface area (Å²) in [6.07, 6.45) is 2.17. The summed E-state index contributed by atoms with van der Waals surface area (Å²) in [5.74, 6) is 2.00. The molecule has 0 aliphatic heterocycles. The molecular weight excluding hydrogens is 316 g/mol. The lowest BCUT2D eigenvalue weighted by molar-refractivity contribution is 0.180. The maximum atomic E-state index is 6.01. The van der Waals surface area contributed by atoms with Gasteiger partial charge in [0.05, 0.1) is 17.2 Å². The molecular formula is C14H20BrClO2. The van der Waals surface area contributed by atoms with Crippen molar-refractivity contribution < 1.29 is 9.47 Å². The largest absolute Gasteiger partial charge is 0.490 e. The van der Waals surface area contributed by atoms with E-state index in [2.05, 4.69) is 29.8 Å². The summed E-state index contributed by atoms with van der Waals surface area (Å²) >= 11 is 9.40. The van der Waals surface area contributed by atoms with Gasteiger partial charge in [-0.05, 0) is 53.4 Å². The van der Waals surface area contributed by atoms with E-state index >= 15 is 0 Å². The first-order valence-corrected chi connectivity index (χ1v) is 7.66. The molecule has 0 aliphatic rings. The highest BCUT2D eigenvalue weighted by molar-refractivity contribution is 9.10. The molecule has 0 N–H and O–H groups in total. The predicted octanol–water partition coefficient (Wildman–Crippen LogP) is 5.15. The van der Waals surface area contributed by atoms with Crippen molar-refractivity contribution in [3.63, 3.8) is 0 Å². The fraction of sp³-hybridized carbons (Fsp3) is 0.571. The average molecular weight is 336 g/mol. The molecule has 18 heavy (non-hydrogen) atoms. The third-order valence-corrected chi connectivity index (χ3v) is 3.62. The van der Waals surface area contributed by atoms with Gasteiger partial charge in [-0.15, -0.1) is 11.6 Å². The Labute approximate surface area is 123 Å². The Morgan fingerprint density at radius 2 is 1.89 bits per heavy atom. The van der Waals surface area contributed by atoms with Crippen LogP contribution in [0.1, 0.15) is 39.2 Å². The molecule has 0 saturated heterocycles. The van der Waals surface area contributed by atoms with E-state index < -0.39 is 0 Å². The number of halogens is 2. The molecule has 1 aromatic carbocycles. The summed E-state index contributed by atoms with van der Waals surface area (Å²) in [5.41, 5.74) is 1.02. The number of rotatable bonds is 7. The maximum absolute atomic E-state index is 6.01. The predicted molar refractivity (Wildman–Crippen MR) is 79.9 cm³/mol. The van der Waals surface area contributed by atoms with Crippen molar-refractivity contribution in [2.45, 2.75) is 45.6 Å². The van der Waals surface area contributed by atoms with E-state index in [9.17, 15) is 0 Å². The molecule has 0 bridgehead atoms. The highest BCUT2D eigenvalue weighted by Crippen LogP contribution is 2.38. The van der Waals surface area contributed by atoms with Crippen LogP contribution in [0, 0.1) is 0 Å². The van der Waals surface area contributed by atoms with E-state index in [0.29, 0.717) is 12.5 Å². The van der Waals surface area contributed by atoms with Crippen molar-refractivity contribution in [3.05, 3.63) is 22.2 Å². The number of hydrogen-bond donors (Lipinski definition) is 0. The minimum absolute atomic E-state index is 0.211. The van der Waals surface area contributed by atoms with Crippen LogP contribution in [0.2, 0.25) is 0 Å². The van der Waals surface area contributed by atoms with E-state index in [1.54, 1.807) is 0 Å². The van der Waals surface area contributed by atoms with Gasteiger partial charge in [0.25, 0.3) is 0 Å². The zero-order valence-electron chi connectivity index (χ0n) is 11.1. The Morgan fingerprint density at radius 3 is 2.39 bits per heavy atom. The van der Waals surface area contributed by atoms with Gasteiger partial charge in [-0.25, -0.2) is 0 Å². The number of ether oxygens (including phenoxy) is 2. The molecule has 0 amide bonds. The Balaban J connectivity index is 3.06. The third kappa shape index (κ3) is 4.06. The average Bonchev–Trinajstić information content (AvgIpc) is 2.38. The number of benzene rings is 1. The standard InChI is InChI=1S/C14H20BrClO2/c1-4-11(5-2)18-14-12(15)7-10(9-16)8-13(14)17-6-3/h7-8,11H,4-6,9H2,1-3H3. The molecule has 0 radical (unpaired) electrons. The van der Waals surface area contributed by atoms with Gasteiger partial charge in [0, 0.05) is 5.88 Å². The summed E-state index contributed by atoms with van der Waals surface area (Å²) in [5, 5.41) is 0. The fourth-order valence-electron chi connectivity index (χ4n) is 1.70. The molecule has 0 heterocycles. The normalized spacial score (nSPS) is 10.8. The zero-order chi connectivity index (χ0) is 13.5. The monoisotopic (exact) mass is 334 g/mol. The lowest BCUT2D eigenvalue weighted by Crippen LogP contribution is -2.15. The van der Waals surface area contributed by atoms with Gasteiger partial charge in [0.2, 0.25) is 0 Å². The molecule has 1 rings (SSSR count). The van der Waals surface area contributed by atoms with Crippen molar-refractivity contribution >= 4 is 27.5 Å². The zero-order valence-corrected chi connectivity index (χ0v) is 13.5. The molecule has 0 aliphatic carbocycles. The van der Waals surface area contributed by atoms with E-state index in [0.717, 1.165) is 34.4 Å². The first-order chi connectivity index (χ1) is 8.65. The van der Waals surface area contributed by atoms with E-state index in [4.69, 9.17) is 21.1 Å². The van der Waals surface area contributed by atoms with Gasteiger partial charge < -0.3 is 9.47 Å². The van der Waals surface area contributed by atoms with Crippen LogP contribution in [0.5, 0.6) is 11.5 Å². The van der Waals surface area contributed by atoms with Gasteiger partial charge in [0.15, 0.2) is 11.5 Å². The molecule has 0 saturated carbocycles. The van der Waals surface area contributed by atoms with E-state index in [1.807, 2.05) is 19.1 Å². The summed E-state index contributed by atoms with van der Waals surface area (Å²) in [6, 6.07) is 3.92. The first kappa shape index (κ1) is 15.6. The van der Waals surface area contributed by atoms with Crippen LogP contribution < -0.4 is 9.47 Å². The lowest BCUT2D eigenvalue weighted by atomic mass is 10.2. The van der Waals surface area contributed by atoms with Crippen molar-refractivity contribution in [1.82, 2.24) is 0 Å². The minimum atomic E-state index is 0.211. The fourth-order valence-corrected chi connectivity index (χ4v) is 2.44. The quantitative estimate of drug-likeness (QED) is 0.641. The molecule has 102 valence electrons. The third-order valence-electron chi connectivity index (χ3n) is 2.72. The van der Waals surface area contributed by atoms with Crippen molar-refractivity contribution in [3.8, 4) is 11.5 Å². The van der Waals surface area contributed by atoms with Crippen molar-refractivity contribution in [2.75, 3.05) is 6.61 Å². The molecule has 1 aromatic rings. The van der Waals surface area contributed by atoms with Crippen LogP contribution in [0.4, 0.5) is 0 Å². The second-order valence-corrected chi connectivity index (χ2v) is 5.15. The summed E-state index contributed by atoms with van der Waals surface area (Å²) in [6.45, 7) is 6.81. The Kier molecular flexibility index (Phi) is 6.87. The van der Waals surface area contributed by atoms with Crippen molar-refractivity contribution in [2.24, 2.45) is 0 Å². The molecule has 0 unspecified atom stereocenters. The van der Waals surface area contributed by atoms with Crippen LogP contribution >= 0.6 is 27.5 Å². The molecule has 4 heteroatoms. The maximum Gasteiger partial charge on any atom is 0.175 e. The number of alkyl halides is 1. The Bertz CT molecular complexity index is 378. The van der Waals surface area contributed by atoms with Crippen LogP contribution in [0.25, 0.3) is 0 Å². The second kappa shape index (κ2) is 7.90. The molecule has 2 nitrogen and oxygen atoms in total. The van der Waals surface area contributed by atoms with Gasteiger partial charge >= 0.3 is 0 Å². The topological polar surface area (TPSA) is 18.5 Å². The smallest absolute Gasteiger partial charge is 0.175 e. The highest BCUT2D eigenvalue weighted by Gasteiger charge is 2.15. The van der Waals surface area contributed by atoms with E-state index in [-0.39, 0.29) is 6.10 Å². The summed E-state index contributed by atoms with van der Waals surface area (Å²) in [7, 11) is 0. The van der Waals surface area contributed by atoms with Crippen LogP contribution in [-0.2, 0) is 5.88 Å². The lowest BCUT2D eigenvalue weighted by Gasteiger charge is -2.20. The van der Waals surface area contributed by atoms with Gasteiger partial charge in [-0.2, -0.15) is 0 Å². The second-order valence-electron chi connectivity index (χ2n) is 4.03. The van der Waals surface area contributed by atoms with Crippen molar-refractivity contribution in [1.29, 1.82) is 0 Å². The van der Waals surface area contributed by atoms with E-state index in [1.165, 1.54) is 0 Å². The van der Waals surface area contributed by atoms with Gasteiger partial charge in [-0.1, -0.05) is 13.8 Å². The summed E-state index contributed by atoms with van der Waals surface area (Å²) < 4.78 is 12.5. The highest BCUT2D eigenvalue weighted by atomic mass is 79.9. The number of hydrogen-bond acceptors (Lipinski definition) is 2. The van der Waals surface area contributed by atoms with Crippen LogP contribution in [0.15, 0.2) is 16.6 Å². The minimum Gasteiger partial charge on any atom is -0.490 e. The van der Waals surface area contributed by atoms with Crippen LogP contribution in [0.3, 0.4) is 0 Å². The summed E-state index contributed by atoms with van der Waals surface area (Å²) in [4.78, 5) is 0. The molecule has 0 spiro atoms. The Hall–Kier alpha value is -0.410. The van der Waals surface area contributed by atoms with Gasteiger partial charge in [0.1, 0.15) is 0 Å². The molecule has 0 atom stereocenters. The Morgan fingerprint density at radius 1 is 1.22 bits per heavy atom. The van der Waals surface area contributed by atoms with Crippen LogP contribution in [-0.4, -0.2) is 12.7 Å². The van der Waals surface area contributed by atoms with Gasteiger partial charge in [-0.3, -0.25) is 0 Å². The molecule has 0 aromatic heterocycles. The first-order valence-electron chi connectivity index (χ1n) is 6.33.